The molecule has 1 aromatic carbocycles. The molecule has 1 N–H and O–H groups in total. The molecule has 0 radical (unpaired) electrons. The molecular formula is C15H20N2O5S. The van der Waals surface area contributed by atoms with Crippen LogP contribution in [0, 0.1) is 0 Å². The summed E-state index contributed by atoms with van der Waals surface area (Å²) in [6, 6.07) is 5.95. The van der Waals surface area contributed by atoms with Crippen molar-refractivity contribution in [2.24, 2.45) is 0 Å². The highest BCUT2D eigenvalue weighted by molar-refractivity contribution is 7.89. The van der Waals surface area contributed by atoms with Crippen molar-refractivity contribution in [1.82, 2.24) is 4.31 Å². The molecule has 0 saturated carbocycles. The minimum Gasteiger partial charge on any atom is -0.453 e. The van der Waals surface area contributed by atoms with Crippen LogP contribution in [0.2, 0.25) is 0 Å². The van der Waals surface area contributed by atoms with Crippen LogP contribution in [0.5, 0.6) is 0 Å². The lowest BCUT2D eigenvalue weighted by atomic mass is 10.3. The molecule has 1 aliphatic heterocycles. The molecule has 0 spiro atoms. The highest BCUT2D eigenvalue weighted by Crippen LogP contribution is 2.22. The van der Waals surface area contributed by atoms with Gasteiger partial charge in [-0.05, 0) is 44.0 Å². The topological polar surface area (TPSA) is 92.8 Å². The summed E-state index contributed by atoms with van der Waals surface area (Å²) < 4.78 is 31.0. The standard InChI is InChI=1S/C15H20N2O5S/c1-11(22-12(2)18)15(19)16-13-5-7-14(8-6-13)23(20,21)17-9-3-4-10-17/h5-8,11H,3-4,9-10H2,1-2H3,(H,16,19)/t11-/m1/s1. The molecule has 1 aromatic rings. The lowest BCUT2D eigenvalue weighted by Gasteiger charge is -2.16. The maximum atomic E-state index is 12.4. The largest absolute Gasteiger partial charge is 0.453 e. The number of nitrogens with zero attached hydrogens (tertiary/aromatic N) is 1. The minimum atomic E-state index is -3.46. The zero-order valence-electron chi connectivity index (χ0n) is 13.1. The number of esters is 1. The molecule has 8 heteroatoms. The number of carbonyl (C=O) groups is 2. The third kappa shape index (κ3) is 4.29. The van der Waals surface area contributed by atoms with Gasteiger partial charge in [0.15, 0.2) is 6.10 Å². The van der Waals surface area contributed by atoms with Gasteiger partial charge < -0.3 is 10.1 Å². The Hall–Kier alpha value is -1.93. The number of carbonyl (C=O) groups excluding carboxylic acids is 2. The normalized spacial score (nSPS) is 16.8. The number of amides is 1. The molecule has 2 rings (SSSR count). The fourth-order valence-corrected chi connectivity index (χ4v) is 3.85. The maximum absolute atomic E-state index is 12.4. The van der Waals surface area contributed by atoms with E-state index in [1.807, 2.05) is 0 Å². The Morgan fingerprint density at radius 3 is 2.26 bits per heavy atom. The number of sulfonamides is 1. The highest BCUT2D eigenvalue weighted by Gasteiger charge is 2.27. The summed E-state index contributed by atoms with van der Waals surface area (Å²) in [4.78, 5) is 22.8. The number of nitrogens with one attached hydrogen (secondary N) is 1. The number of rotatable bonds is 5. The molecule has 1 atom stereocenters. The average molecular weight is 340 g/mol. The van der Waals surface area contributed by atoms with E-state index in [-0.39, 0.29) is 4.90 Å². The van der Waals surface area contributed by atoms with Gasteiger partial charge in [-0.3, -0.25) is 9.59 Å². The van der Waals surface area contributed by atoms with Crippen molar-refractivity contribution in [2.75, 3.05) is 18.4 Å². The zero-order chi connectivity index (χ0) is 17.0. The molecule has 1 saturated heterocycles. The fraction of sp³-hybridized carbons (Fsp3) is 0.467. The Labute approximate surface area is 135 Å². The van der Waals surface area contributed by atoms with Crippen molar-refractivity contribution in [3.05, 3.63) is 24.3 Å². The van der Waals surface area contributed by atoms with Gasteiger partial charge in [0.25, 0.3) is 5.91 Å². The smallest absolute Gasteiger partial charge is 0.303 e. The minimum absolute atomic E-state index is 0.199. The Morgan fingerprint density at radius 1 is 1.17 bits per heavy atom. The van der Waals surface area contributed by atoms with E-state index < -0.39 is 28.0 Å². The van der Waals surface area contributed by atoms with Gasteiger partial charge in [-0.2, -0.15) is 4.31 Å². The number of hydrogen-bond acceptors (Lipinski definition) is 5. The second-order valence-corrected chi connectivity index (χ2v) is 7.31. The van der Waals surface area contributed by atoms with Gasteiger partial charge >= 0.3 is 5.97 Å². The fourth-order valence-electron chi connectivity index (χ4n) is 2.33. The molecule has 1 aliphatic rings. The first kappa shape index (κ1) is 17.4. The third-order valence-corrected chi connectivity index (χ3v) is 5.45. The van der Waals surface area contributed by atoms with E-state index in [2.05, 4.69) is 5.32 Å². The molecule has 1 heterocycles. The van der Waals surface area contributed by atoms with Crippen LogP contribution in [0.3, 0.4) is 0 Å². The van der Waals surface area contributed by atoms with E-state index in [1.54, 1.807) is 0 Å². The Balaban J connectivity index is 2.05. The van der Waals surface area contributed by atoms with Gasteiger partial charge in [-0.15, -0.1) is 0 Å². The number of hydrogen-bond donors (Lipinski definition) is 1. The van der Waals surface area contributed by atoms with E-state index >= 15 is 0 Å². The predicted octanol–water partition coefficient (Wildman–Crippen LogP) is 1.36. The molecule has 0 bridgehead atoms. The van der Waals surface area contributed by atoms with E-state index in [0.29, 0.717) is 18.8 Å². The number of ether oxygens (including phenoxy) is 1. The summed E-state index contributed by atoms with van der Waals surface area (Å²) in [5.74, 6) is -1.02. The van der Waals surface area contributed by atoms with Crippen LogP contribution in [0.25, 0.3) is 0 Å². The average Bonchev–Trinajstić information content (AvgIpc) is 3.02. The second-order valence-electron chi connectivity index (χ2n) is 5.38. The SMILES string of the molecule is CC(=O)O[C@H](C)C(=O)Nc1ccc(S(=O)(=O)N2CCCC2)cc1. The summed E-state index contributed by atoms with van der Waals surface area (Å²) in [6.07, 6.45) is 0.837. The van der Waals surface area contributed by atoms with Crippen molar-refractivity contribution in [3.63, 3.8) is 0 Å². The Morgan fingerprint density at radius 2 is 1.74 bits per heavy atom. The van der Waals surface area contributed by atoms with Crippen LogP contribution in [0.4, 0.5) is 5.69 Å². The molecule has 1 fully saturated rings. The number of benzene rings is 1. The van der Waals surface area contributed by atoms with Crippen LogP contribution in [0.15, 0.2) is 29.2 Å². The van der Waals surface area contributed by atoms with E-state index in [0.717, 1.165) is 12.8 Å². The summed E-state index contributed by atoms with van der Waals surface area (Å²) in [6.45, 7) is 3.77. The van der Waals surface area contributed by atoms with Crippen LogP contribution in [-0.4, -0.2) is 43.8 Å². The van der Waals surface area contributed by atoms with E-state index in [9.17, 15) is 18.0 Å². The van der Waals surface area contributed by atoms with Gasteiger partial charge in [-0.25, -0.2) is 8.42 Å². The first-order valence-electron chi connectivity index (χ1n) is 7.39. The molecule has 0 aromatic heterocycles. The van der Waals surface area contributed by atoms with Gasteiger partial charge in [0, 0.05) is 25.7 Å². The molecule has 1 amide bonds. The Bertz CT molecular complexity index is 678. The molecular weight excluding hydrogens is 320 g/mol. The number of anilines is 1. The van der Waals surface area contributed by atoms with E-state index in [4.69, 9.17) is 4.74 Å². The molecule has 7 nitrogen and oxygen atoms in total. The summed E-state index contributed by atoms with van der Waals surface area (Å²) in [5, 5.41) is 2.57. The van der Waals surface area contributed by atoms with Gasteiger partial charge in [0.2, 0.25) is 10.0 Å². The summed E-state index contributed by atoms with van der Waals surface area (Å²) >= 11 is 0. The van der Waals surface area contributed by atoms with Crippen molar-refractivity contribution < 1.29 is 22.7 Å². The van der Waals surface area contributed by atoms with Gasteiger partial charge in [-0.1, -0.05) is 0 Å². The van der Waals surface area contributed by atoms with Crippen molar-refractivity contribution in [1.29, 1.82) is 0 Å². The van der Waals surface area contributed by atoms with Crippen LogP contribution in [-0.2, 0) is 24.3 Å². The van der Waals surface area contributed by atoms with Crippen molar-refractivity contribution in [2.45, 2.75) is 37.7 Å². The predicted molar refractivity (Wildman–Crippen MR) is 84.3 cm³/mol. The monoisotopic (exact) mass is 340 g/mol. The van der Waals surface area contributed by atoms with Gasteiger partial charge in [0.05, 0.1) is 4.90 Å². The second kappa shape index (κ2) is 7.10. The van der Waals surface area contributed by atoms with Crippen molar-refractivity contribution >= 4 is 27.6 Å². The van der Waals surface area contributed by atoms with Crippen LogP contribution < -0.4 is 5.32 Å². The first-order chi connectivity index (χ1) is 10.8. The van der Waals surface area contributed by atoms with E-state index in [1.165, 1.54) is 42.4 Å². The zero-order valence-corrected chi connectivity index (χ0v) is 13.9. The molecule has 23 heavy (non-hydrogen) atoms. The third-order valence-electron chi connectivity index (χ3n) is 3.54. The lowest BCUT2D eigenvalue weighted by molar-refractivity contribution is -0.150. The quantitative estimate of drug-likeness (QED) is 0.817. The first-order valence-corrected chi connectivity index (χ1v) is 8.83. The lowest BCUT2D eigenvalue weighted by Crippen LogP contribution is -2.29. The molecule has 0 aliphatic carbocycles. The maximum Gasteiger partial charge on any atom is 0.303 e. The summed E-state index contributed by atoms with van der Waals surface area (Å²) in [7, 11) is -3.46. The van der Waals surface area contributed by atoms with Crippen LogP contribution >= 0.6 is 0 Å². The van der Waals surface area contributed by atoms with Crippen LogP contribution in [0.1, 0.15) is 26.7 Å². The summed E-state index contributed by atoms with van der Waals surface area (Å²) in [5.41, 5.74) is 0.439. The van der Waals surface area contributed by atoms with Gasteiger partial charge in [0.1, 0.15) is 0 Å². The van der Waals surface area contributed by atoms with Crippen molar-refractivity contribution in [3.8, 4) is 0 Å². The molecule has 126 valence electrons. The molecule has 0 unspecified atom stereocenters. The highest BCUT2D eigenvalue weighted by atomic mass is 32.2. The Kier molecular flexibility index (Phi) is 5.38.